The number of benzene rings is 1. The second kappa shape index (κ2) is 5.09. The van der Waals surface area contributed by atoms with Crippen LogP contribution in [0.2, 0.25) is 0 Å². The summed E-state index contributed by atoms with van der Waals surface area (Å²) < 4.78 is 10.5. The van der Waals surface area contributed by atoms with Gasteiger partial charge in [0.2, 0.25) is 6.79 Å². The summed E-state index contributed by atoms with van der Waals surface area (Å²) in [5.41, 5.74) is -0.377. The number of carbonyl (C=O) groups is 1. The Balaban J connectivity index is 2.18. The van der Waals surface area contributed by atoms with Crippen molar-refractivity contribution < 1.29 is 19.4 Å². The van der Waals surface area contributed by atoms with Gasteiger partial charge in [-0.3, -0.25) is 4.79 Å². The van der Waals surface area contributed by atoms with Gasteiger partial charge in [-0.1, -0.05) is 0 Å². The van der Waals surface area contributed by atoms with Crippen LogP contribution in [0.1, 0.15) is 31.1 Å². The fraction of sp³-hybridized carbons (Fsp3) is 0.500. The fourth-order valence-corrected chi connectivity index (χ4v) is 2.01. The molecule has 1 aliphatic rings. The lowest BCUT2D eigenvalue weighted by Gasteiger charge is -2.28. The van der Waals surface area contributed by atoms with Crippen LogP contribution in [-0.4, -0.2) is 41.4 Å². The number of fused-ring (bicyclic) bond motifs is 1. The number of aliphatic hydroxyl groups is 1. The largest absolute Gasteiger partial charge is 0.454 e. The quantitative estimate of drug-likeness (QED) is 0.899. The van der Waals surface area contributed by atoms with E-state index in [2.05, 4.69) is 0 Å². The zero-order chi connectivity index (χ0) is 14.0. The molecule has 0 aliphatic carbocycles. The van der Waals surface area contributed by atoms with Crippen LogP contribution in [-0.2, 0) is 0 Å². The number of ether oxygens (including phenoxy) is 2. The Morgan fingerprint density at radius 1 is 1.37 bits per heavy atom. The molecule has 5 nitrogen and oxygen atoms in total. The fourth-order valence-electron chi connectivity index (χ4n) is 2.01. The second-order valence-corrected chi connectivity index (χ2v) is 5.20. The van der Waals surface area contributed by atoms with Crippen LogP contribution in [0.4, 0.5) is 0 Å². The summed E-state index contributed by atoms with van der Waals surface area (Å²) in [7, 11) is 0. The molecule has 0 spiro atoms. The van der Waals surface area contributed by atoms with Crippen molar-refractivity contribution in [1.29, 1.82) is 0 Å². The molecule has 0 aromatic heterocycles. The van der Waals surface area contributed by atoms with Gasteiger partial charge >= 0.3 is 0 Å². The van der Waals surface area contributed by atoms with Crippen molar-refractivity contribution >= 4 is 5.91 Å². The lowest BCUT2D eigenvalue weighted by Crippen LogP contribution is -2.42. The van der Waals surface area contributed by atoms with Crippen LogP contribution in [0.15, 0.2) is 18.2 Å². The number of rotatable bonds is 4. The molecule has 0 radical (unpaired) electrons. The molecule has 2 rings (SSSR count). The van der Waals surface area contributed by atoms with Gasteiger partial charge in [0.1, 0.15) is 0 Å². The van der Waals surface area contributed by atoms with Crippen LogP contribution >= 0.6 is 0 Å². The van der Waals surface area contributed by atoms with E-state index in [1.165, 1.54) is 0 Å². The number of carbonyl (C=O) groups excluding carboxylic acids is 1. The first kappa shape index (κ1) is 13.7. The number of nitrogens with zero attached hydrogens (tertiary/aromatic N) is 1. The minimum absolute atomic E-state index is 0.122. The van der Waals surface area contributed by atoms with E-state index in [4.69, 9.17) is 9.47 Å². The van der Waals surface area contributed by atoms with E-state index < -0.39 is 5.60 Å². The van der Waals surface area contributed by atoms with Crippen LogP contribution in [0.3, 0.4) is 0 Å². The van der Waals surface area contributed by atoms with E-state index in [9.17, 15) is 9.90 Å². The Hall–Kier alpha value is -1.75. The lowest BCUT2D eigenvalue weighted by molar-refractivity contribution is 0.0314. The first-order valence-corrected chi connectivity index (χ1v) is 6.32. The van der Waals surface area contributed by atoms with Crippen LogP contribution in [0.25, 0.3) is 0 Å². The van der Waals surface area contributed by atoms with Crippen molar-refractivity contribution in [3.05, 3.63) is 23.8 Å². The number of hydrogen-bond acceptors (Lipinski definition) is 4. The zero-order valence-electron chi connectivity index (χ0n) is 11.5. The molecule has 0 fully saturated rings. The molecular weight excluding hydrogens is 246 g/mol. The number of likely N-dealkylation sites (N-methyl/N-ethyl adjacent to an activating group) is 1. The van der Waals surface area contributed by atoms with Gasteiger partial charge < -0.3 is 19.5 Å². The summed E-state index contributed by atoms with van der Waals surface area (Å²) in [6, 6.07) is 5.12. The molecule has 1 aromatic rings. The van der Waals surface area contributed by atoms with Crippen LogP contribution in [0, 0.1) is 0 Å². The Labute approximate surface area is 112 Å². The summed E-state index contributed by atoms with van der Waals surface area (Å²) in [5.74, 6) is 1.12. The summed E-state index contributed by atoms with van der Waals surface area (Å²) in [5, 5.41) is 9.83. The van der Waals surface area contributed by atoms with Crippen molar-refractivity contribution in [2.24, 2.45) is 0 Å². The molecule has 19 heavy (non-hydrogen) atoms. The molecule has 1 aromatic carbocycles. The average Bonchev–Trinajstić information content (AvgIpc) is 2.81. The van der Waals surface area contributed by atoms with E-state index in [0.717, 1.165) is 0 Å². The van der Waals surface area contributed by atoms with Crippen LogP contribution in [0.5, 0.6) is 11.5 Å². The van der Waals surface area contributed by atoms with E-state index in [0.29, 0.717) is 23.6 Å². The third-order valence-electron chi connectivity index (χ3n) is 2.87. The third kappa shape index (κ3) is 3.17. The molecule has 1 amide bonds. The Bertz CT molecular complexity index is 479. The standard InChI is InChI=1S/C14H19NO4/c1-4-15(8-14(2,3)17)13(16)10-5-6-11-12(7-10)19-9-18-11/h5-7,17H,4,8-9H2,1-3H3. The highest BCUT2D eigenvalue weighted by molar-refractivity contribution is 5.95. The normalized spacial score (nSPS) is 13.5. The molecule has 0 bridgehead atoms. The summed E-state index contributed by atoms with van der Waals surface area (Å²) in [4.78, 5) is 14.0. The van der Waals surface area contributed by atoms with Crippen molar-refractivity contribution in [3.8, 4) is 11.5 Å². The smallest absolute Gasteiger partial charge is 0.254 e. The monoisotopic (exact) mass is 265 g/mol. The maximum atomic E-state index is 12.4. The molecule has 1 aliphatic heterocycles. The van der Waals surface area contributed by atoms with E-state index in [1.54, 1.807) is 36.9 Å². The highest BCUT2D eigenvalue weighted by Crippen LogP contribution is 2.32. The molecule has 1 N–H and O–H groups in total. The number of hydrogen-bond donors (Lipinski definition) is 1. The summed E-state index contributed by atoms with van der Waals surface area (Å²) >= 11 is 0. The van der Waals surface area contributed by atoms with E-state index >= 15 is 0 Å². The van der Waals surface area contributed by atoms with Gasteiger partial charge in [0.25, 0.3) is 5.91 Å². The average molecular weight is 265 g/mol. The third-order valence-corrected chi connectivity index (χ3v) is 2.87. The van der Waals surface area contributed by atoms with E-state index in [-0.39, 0.29) is 19.2 Å². The van der Waals surface area contributed by atoms with Gasteiger partial charge in [-0.15, -0.1) is 0 Å². The van der Waals surface area contributed by atoms with Gasteiger partial charge in [0.05, 0.1) is 5.60 Å². The van der Waals surface area contributed by atoms with Crippen molar-refractivity contribution in [2.75, 3.05) is 19.9 Å². The molecule has 104 valence electrons. The molecule has 0 saturated heterocycles. The molecule has 0 saturated carbocycles. The lowest BCUT2D eigenvalue weighted by atomic mass is 10.1. The number of amides is 1. The first-order chi connectivity index (χ1) is 8.90. The molecule has 0 unspecified atom stereocenters. The zero-order valence-corrected chi connectivity index (χ0v) is 11.5. The summed E-state index contributed by atoms with van der Waals surface area (Å²) in [6.07, 6.45) is 0. The first-order valence-electron chi connectivity index (χ1n) is 6.32. The van der Waals surface area contributed by atoms with Crippen LogP contribution < -0.4 is 9.47 Å². The maximum Gasteiger partial charge on any atom is 0.254 e. The summed E-state index contributed by atoms with van der Waals surface area (Å²) in [6.45, 7) is 6.27. The Morgan fingerprint density at radius 3 is 2.68 bits per heavy atom. The van der Waals surface area contributed by atoms with Gasteiger partial charge in [-0.2, -0.15) is 0 Å². The van der Waals surface area contributed by atoms with Gasteiger partial charge in [0, 0.05) is 18.7 Å². The van der Waals surface area contributed by atoms with Gasteiger partial charge in [-0.25, -0.2) is 0 Å². The molecular formula is C14H19NO4. The van der Waals surface area contributed by atoms with Crippen molar-refractivity contribution in [1.82, 2.24) is 4.90 Å². The SMILES string of the molecule is CCN(CC(C)(C)O)C(=O)c1ccc2c(c1)OCO2. The molecule has 1 heterocycles. The minimum atomic E-state index is -0.915. The molecule has 5 heteroatoms. The minimum Gasteiger partial charge on any atom is -0.454 e. The van der Waals surface area contributed by atoms with Crippen molar-refractivity contribution in [2.45, 2.75) is 26.4 Å². The van der Waals surface area contributed by atoms with Gasteiger partial charge in [0.15, 0.2) is 11.5 Å². The highest BCUT2D eigenvalue weighted by atomic mass is 16.7. The molecule has 0 atom stereocenters. The maximum absolute atomic E-state index is 12.4. The second-order valence-electron chi connectivity index (χ2n) is 5.20. The van der Waals surface area contributed by atoms with Gasteiger partial charge in [-0.05, 0) is 39.0 Å². The highest BCUT2D eigenvalue weighted by Gasteiger charge is 2.24. The Kier molecular flexibility index (Phi) is 3.66. The topological polar surface area (TPSA) is 59.0 Å². The Morgan fingerprint density at radius 2 is 2.05 bits per heavy atom. The van der Waals surface area contributed by atoms with E-state index in [1.807, 2.05) is 6.92 Å². The predicted molar refractivity (Wildman–Crippen MR) is 70.4 cm³/mol. The van der Waals surface area contributed by atoms with Crippen molar-refractivity contribution in [3.63, 3.8) is 0 Å². The predicted octanol–water partition coefficient (Wildman–Crippen LogP) is 1.65.